The van der Waals surface area contributed by atoms with E-state index in [2.05, 4.69) is 4.98 Å². The molecule has 0 amide bonds. The Morgan fingerprint density at radius 3 is 2.69 bits per heavy atom. The zero-order valence-corrected chi connectivity index (χ0v) is 9.93. The van der Waals surface area contributed by atoms with Gasteiger partial charge >= 0.3 is 0 Å². The van der Waals surface area contributed by atoms with Crippen molar-refractivity contribution in [2.24, 2.45) is 0 Å². The number of aromatic nitrogens is 1. The predicted octanol–water partition coefficient (Wildman–Crippen LogP) is 4.17. The van der Waals surface area contributed by atoms with E-state index in [1.54, 1.807) is 24.4 Å². The molecule has 2 aromatic rings. The summed E-state index contributed by atoms with van der Waals surface area (Å²) in [5.74, 6) is 0.394. The summed E-state index contributed by atoms with van der Waals surface area (Å²) in [7, 11) is 0. The van der Waals surface area contributed by atoms with E-state index in [9.17, 15) is 4.39 Å². The number of nitrogens with zero attached hydrogens (tertiary/aromatic N) is 1. The third kappa shape index (κ3) is 2.97. The van der Waals surface area contributed by atoms with Gasteiger partial charge in [0.25, 0.3) is 0 Å². The molecule has 1 nitrogen and oxygen atoms in total. The van der Waals surface area contributed by atoms with Crippen LogP contribution in [0.1, 0.15) is 5.56 Å². The number of benzene rings is 1. The van der Waals surface area contributed by atoms with E-state index in [0.29, 0.717) is 16.3 Å². The number of pyridine rings is 1. The Morgan fingerprint density at radius 2 is 2.00 bits per heavy atom. The smallest absolute Gasteiger partial charge is 0.127 e. The first-order valence-corrected chi connectivity index (χ1v) is 6.10. The van der Waals surface area contributed by atoms with E-state index < -0.39 is 0 Å². The molecule has 0 saturated carbocycles. The Balaban J connectivity index is 2.02. The quantitative estimate of drug-likeness (QED) is 0.762. The second-order valence-electron chi connectivity index (χ2n) is 3.19. The van der Waals surface area contributed by atoms with Crippen LogP contribution in [-0.4, -0.2) is 4.98 Å². The molecular formula is C12H9ClFNS. The fourth-order valence-electron chi connectivity index (χ4n) is 1.21. The molecule has 0 N–H and O–H groups in total. The van der Waals surface area contributed by atoms with E-state index in [4.69, 9.17) is 11.6 Å². The highest BCUT2D eigenvalue weighted by molar-refractivity contribution is 7.98. The van der Waals surface area contributed by atoms with Crippen molar-refractivity contribution in [2.75, 3.05) is 0 Å². The fraction of sp³-hybridized carbons (Fsp3) is 0.0833. The number of thioether (sulfide) groups is 1. The molecule has 0 unspecified atom stereocenters. The van der Waals surface area contributed by atoms with Crippen molar-refractivity contribution in [1.82, 2.24) is 4.98 Å². The molecular weight excluding hydrogens is 245 g/mol. The summed E-state index contributed by atoms with van der Waals surface area (Å²) in [6, 6.07) is 10.4. The summed E-state index contributed by atoms with van der Waals surface area (Å²) in [4.78, 5) is 4.13. The maximum absolute atomic E-state index is 13.3. The highest BCUT2D eigenvalue weighted by Crippen LogP contribution is 2.22. The van der Waals surface area contributed by atoms with Gasteiger partial charge in [-0.3, -0.25) is 0 Å². The molecule has 16 heavy (non-hydrogen) atoms. The van der Waals surface area contributed by atoms with E-state index >= 15 is 0 Å². The molecule has 0 aliphatic rings. The van der Waals surface area contributed by atoms with Crippen LogP contribution < -0.4 is 0 Å². The van der Waals surface area contributed by atoms with Gasteiger partial charge in [-0.05, 0) is 23.8 Å². The average molecular weight is 254 g/mol. The second kappa shape index (κ2) is 5.32. The van der Waals surface area contributed by atoms with Crippen LogP contribution in [0.25, 0.3) is 0 Å². The van der Waals surface area contributed by atoms with E-state index in [0.717, 1.165) is 5.03 Å². The molecule has 0 aliphatic heterocycles. The summed E-state index contributed by atoms with van der Waals surface area (Å²) in [6.07, 6.45) is 1.59. The minimum absolute atomic E-state index is 0.177. The van der Waals surface area contributed by atoms with Gasteiger partial charge in [0.05, 0.1) is 10.0 Å². The van der Waals surface area contributed by atoms with Crippen molar-refractivity contribution in [2.45, 2.75) is 10.8 Å². The van der Waals surface area contributed by atoms with Crippen LogP contribution in [0, 0.1) is 5.82 Å². The lowest BCUT2D eigenvalue weighted by atomic mass is 10.2. The van der Waals surface area contributed by atoms with Gasteiger partial charge in [0.1, 0.15) is 5.82 Å². The molecule has 0 fully saturated rings. The summed E-state index contributed by atoms with van der Waals surface area (Å²) in [6.45, 7) is 0. The Hall–Kier alpha value is -1.06. The van der Waals surface area contributed by atoms with Crippen molar-refractivity contribution >= 4 is 23.4 Å². The molecule has 0 radical (unpaired) electrons. The van der Waals surface area contributed by atoms with Gasteiger partial charge in [0.15, 0.2) is 0 Å². The first-order chi connectivity index (χ1) is 7.75. The van der Waals surface area contributed by atoms with E-state index in [1.807, 2.05) is 12.1 Å². The summed E-state index contributed by atoms with van der Waals surface area (Å²) >= 11 is 7.21. The largest absolute Gasteiger partial charge is 0.248 e. The monoisotopic (exact) mass is 253 g/mol. The zero-order chi connectivity index (χ0) is 11.4. The van der Waals surface area contributed by atoms with Crippen molar-refractivity contribution in [3.63, 3.8) is 0 Å². The van der Waals surface area contributed by atoms with Crippen LogP contribution >= 0.6 is 23.4 Å². The maximum Gasteiger partial charge on any atom is 0.127 e. The summed E-state index contributed by atoms with van der Waals surface area (Å²) < 4.78 is 13.3. The molecule has 4 heteroatoms. The first kappa shape index (κ1) is 11.4. The van der Waals surface area contributed by atoms with Crippen molar-refractivity contribution in [3.8, 4) is 0 Å². The topological polar surface area (TPSA) is 12.9 Å². The van der Waals surface area contributed by atoms with Crippen molar-refractivity contribution in [1.29, 1.82) is 0 Å². The van der Waals surface area contributed by atoms with Gasteiger partial charge < -0.3 is 0 Å². The molecule has 0 aliphatic carbocycles. The third-order valence-electron chi connectivity index (χ3n) is 2.03. The number of hydrogen-bond donors (Lipinski definition) is 0. The van der Waals surface area contributed by atoms with Gasteiger partial charge in [0, 0.05) is 11.9 Å². The number of hydrogen-bond acceptors (Lipinski definition) is 2. The average Bonchev–Trinajstić information content (AvgIpc) is 2.30. The lowest BCUT2D eigenvalue weighted by Gasteiger charge is -2.02. The minimum Gasteiger partial charge on any atom is -0.248 e. The molecule has 0 saturated heterocycles. The molecule has 0 spiro atoms. The Morgan fingerprint density at radius 1 is 1.19 bits per heavy atom. The second-order valence-corrected chi connectivity index (χ2v) is 4.63. The molecule has 1 heterocycles. The normalized spacial score (nSPS) is 10.4. The van der Waals surface area contributed by atoms with Crippen molar-refractivity contribution in [3.05, 3.63) is 59.0 Å². The molecule has 82 valence electrons. The Labute approximate surface area is 103 Å². The highest BCUT2D eigenvalue weighted by atomic mass is 35.5. The first-order valence-electron chi connectivity index (χ1n) is 4.73. The molecule has 1 aromatic heterocycles. The molecule has 2 rings (SSSR count). The standard InChI is InChI=1S/C12H9ClFNS/c13-10-5-6-12(15-7-10)16-8-9-3-1-2-4-11(9)14/h1-7H,8H2. The van der Waals surface area contributed by atoms with Crippen LogP contribution in [0.4, 0.5) is 4.39 Å². The number of halogens is 2. The summed E-state index contributed by atoms with van der Waals surface area (Å²) in [5.41, 5.74) is 0.684. The van der Waals surface area contributed by atoms with Gasteiger partial charge in [-0.15, -0.1) is 11.8 Å². The predicted molar refractivity (Wildman–Crippen MR) is 65.2 cm³/mol. The van der Waals surface area contributed by atoms with Crippen LogP contribution in [0.2, 0.25) is 5.02 Å². The van der Waals surface area contributed by atoms with Crippen LogP contribution in [0.3, 0.4) is 0 Å². The lowest BCUT2D eigenvalue weighted by Crippen LogP contribution is -1.87. The zero-order valence-electron chi connectivity index (χ0n) is 8.36. The maximum atomic E-state index is 13.3. The highest BCUT2D eigenvalue weighted by Gasteiger charge is 2.02. The van der Waals surface area contributed by atoms with Gasteiger partial charge in [-0.2, -0.15) is 0 Å². The molecule has 0 atom stereocenters. The fourth-order valence-corrected chi connectivity index (χ4v) is 2.16. The SMILES string of the molecule is Fc1ccccc1CSc1ccc(Cl)cn1. The number of rotatable bonds is 3. The third-order valence-corrected chi connectivity index (χ3v) is 3.25. The Bertz CT molecular complexity index is 473. The van der Waals surface area contributed by atoms with E-state index in [1.165, 1.54) is 17.8 Å². The molecule has 0 bridgehead atoms. The van der Waals surface area contributed by atoms with Gasteiger partial charge in [-0.25, -0.2) is 9.37 Å². The van der Waals surface area contributed by atoms with Crippen LogP contribution in [0.15, 0.2) is 47.6 Å². The van der Waals surface area contributed by atoms with E-state index in [-0.39, 0.29) is 5.82 Å². The van der Waals surface area contributed by atoms with Crippen molar-refractivity contribution < 1.29 is 4.39 Å². The minimum atomic E-state index is -0.177. The molecule has 1 aromatic carbocycles. The van der Waals surface area contributed by atoms with Crippen LogP contribution in [0.5, 0.6) is 0 Å². The van der Waals surface area contributed by atoms with Crippen LogP contribution in [-0.2, 0) is 5.75 Å². The summed E-state index contributed by atoms with van der Waals surface area (Å²) in [5, 5.41) is 1.45. The van der Waals surface area contributed by atoms with Gasteiger partial charge in [-0.1, -0.05) is 29.8 Å². The Kier molecular flexibility index (Phi) is 3.80. The van der Waals surface area contributed by atoms with Gasteiger partial charge in [0.2, 0.25) is 0 Å². The lowest BCUT2D eigenvalue weighted by molar-refractivity contribution is 0.617.